The minimum atomic E-state index is -1.08. The van der Waals surface area contributed by atoms with E-state index in [1.165, 1.54) is 29.0 Å². The van der Waals surface area contributed by atoms with E-state index in [0.29, 0.717) is 23.4 Å². The zero-order chi connectivity index (χ0) is 25.1. The number of benzene rings is 1. The van der Waals surface area contributed by atoms with Gasteiger partial charge in [-0.2, -0.15) is 5.10 Å². The predicted octanol–water partition coefficient (Wildman–Crippen LogP) is 4.26. The molecule has 0 saturated carbocycles. The maximum atomic E-state index is 14.7. The molecule has 35 heavy (non-hydrogen) atoms. The van der Waals surface area contributed by atoms with Crippen LogP contribution in [0.2, 0.25) is 0 Å². The van der Waals surface area contributed by atoms with Crippen molar-refractivity contribution in [1.82, 2.24) is 24.9 Å². The number of rotatable bonds is 9. The van der Waals surface area contributed by atoms with Gasteiger partial charge in [0.05, 0.1) is 18.4 Å². The first kappa shape index (κ1) is 24.0. The minimum Gasteiger partial charge on any atom is -0.480 e. The largest absolute Gasteiger partial charge is 0.480 e. The van der Waals surface area contributed by atoms with Crippen LogP contribution in [0.5, 0.6) is 0 Å². The Morgan fingerprint density at radius 1 is 1.17 bits per heavy atom. The van der Waals surface area contributed by atoms with Crippen molar-refractivity contribution in [2.75, 3.05) is 11.9 Å². The van der Waals surface area contributed by atoms with E-state index < -0.39 is 17.8 Å². The van der Waals surface area contributed by atoms with Crippen LogP contribution in [0.3, 0.4) is 0 Å². The summed E-state index contributed by atoms with van der Waals surface area (Å²) in [5.74, 6) is -2.23. The molecule has 0 saturated heterocycles. The van der Waals surface area contributed by atoms with E-state index in [1.807, 2.05) is 13.8 Å². The number of nitrogens with zero attached hydrogens (tertiary/aromatic N) is 6. The molecule has 1 N–H and O–H groups in total. The summed E-state index contributed by atoms with van der Waals surface area (Å²) in [6, 6.07) is 8.62. The molecule has 3 heterocycles. The fraction of sp³-hybridized carbons (Fsp3) is 0.292. The van der Waals surface area contributed by atoms with Crippen molar-refractivity contribution in [2.24, 2.45) is 5.92 Å². The molecule has 0 fully saturated rings. The quantitative estimate of drug-likeness (QED) is 0.377. The van der Waals surface area contributed by atoms with Gasteiger partial charge in [-0.25, -0.2) is 23.5 Å². The molecule has 11 heteroatoms. The number of hydrogen-bond donors (Lipinski definition) is 1. The topological polar surface area (TPSA) is 110 Å². The molecule has 3 aromatic heterocycles. The van der Waals surface area contributed by atoms with Crippen LogP contribution in [0, 0.1) is 17.6 Å². The first-order valence-corrected chi connectivity index (χ1v) is 10.9. The lowest BCUT2D eigenvalue weighted by Crippen LogP contribution is -2.40. The Bertz CT molecular complexity index is 1320. The number of halogens is 2. The fourth-order valence-corrected chi connectivity index (χ4v) is 3.73. The molecule has 0 unspecified atom stereocenters. The third kappa shape index (κ3) is 5.18. The normalized spacial score (nSPS) is 12.2. The number of carboxylic acids is 1. The average Bonchev–Trinajstić information content (AvgIpc) is 3.49. The standard InChI is InChI=1S/C24H24F2N6O3/c1-14(2)10-21(24(33)34)31(3)23-17(26)12-27-22(28-23)19-11-20(18-8-9-35-30-18)32(29-19)13-15-6-4-5-7-16(15)25/h4-9,11-12,14,21H,10,13H2,1-3H3,(H,33,34)/t21-/m1/s1. The maximum Gasteiger partial charge on any atom is 0.326 e. The van der Waals surface area contributed by atoms with Crippen molar-refractivity contribution in [3.8, 4) is 22.9 Å². The molecule has 0 aliphatic heterocycles. The Morgan fingerprint density at radius 3 is 2.60 bits per heavy atom. The second kappa shape index (κ2) is 10.00. The van der Waals surface area contributed by atoms with Gasteiger partial charge >= 0.3 is 5.97 Å². The number of carboxylic acid groups (broad SMARTS) is 1. The van der Waals surface area contributed by atoms with Crippen LogP contribution >= 0.6 is 0 Å². The summed E-state index contributed by atoms with van der Waals surface area (Å²) in [4.78, 5) is 21.5. The second-order valence-corrected chi connectivity index (χ2v) is 8.51. The van der Waals surface area contributed by atoms with E-state index in [2.05, 4.69) is 20.2 Å². The van der Waals surface area contributed by atoms with Crippen molar-refractivity contribution < 1.29 is 23.2 Å². The number of aromatic nitrogens is 5. The lowest BCUT2D eigenvalue weighted by Gasteiger charge is -2.27. The van der Waals surface area contributed by atoms with Crippen LogP contribution in [0.4, 0.5) is 14.6 Å². The van der Waals surface area contributed by atoms with E-state index in [9.17, 15) is 18.7 Å². The average molecular weight is 482 g/mol. The molecule has 4 aromatic rings. The summed E-state index contributed by atoms with van der Waals surface area (Å²) in [5, 5.41) is 18.1. The third-order valence-electron chi connectivity index (χ3n) is 5.49. The molecule has 0 aliphatic rings. The molecule has 182 valence electrons. The van der Waals surface area contributed by atoms with E-state index in [0.717, 1.165) is 6.20 Å². The fourth-order valence-electron chi connectivity index (χ4n) is 3.73. The number of aliphatic carboxylic acids is 1. The Kier molecular flexibility index (Phi) is 6.85. The Morgan fingerprint density at radius 2 is 1.94 bits per heavy atom. The van der Waals surface area contributed by atoms with Gasteiger partial charge in [0.15, 0.2) is 17.5 Å². The molecule has 9 nitrogen and oxygen atoms in total. The summed E-state index contributed by atoms with van der Waals surface area (Å²) < 4.78 is 35.5. The molecular formula is C24H24F2N6O3. The van der Waals surface area contributed by atoms with Crippen molar-refractivity contribution in [1.29, 1.82) is 0 Å². The molecular weight excluding hydrogens is 458 g/mol. The molecule has 4 rings (SSSR count). The van der Waals surface area contributed by atoms with Gasteiger partial charge in [-0.3, -0.25) is 4.68 Å². The van der Waals surface area contributed by atoms with Crippen molar-refractivity contribution in [3.05, 3.63) is 66.1 Å². The first-order valence-electron chi connectivity index (χ1n) is 10.9. The molecule has 0 aliphatic carbocycles. The monoisotopic (exact) mass is 482 g/mol. The smallest absolute Gasteiger partial charge is 0.326 e. The molecule has 0 spiro atoms. The highest BCUT2D eigenvalue weighted by atomic mass is 19.1. The van der Waals surface area contributed by atoms with Crippen LogP contribution in [0.25, 0.3) is 22.9 Å². The Balaban J connectivity index is 1.75. The zero-order valence-corrected chi connectivity index (χ0v) is 19.4. The van der Waals surface area contributed by atoms with E-state index in [-0.39, 0.29) is 35.6 Å². The molecule has 0 amide bonds. The Labute approximate surface area is 200 Å². The zero-order valence-electron chi connectivity index (χ0n) is 19.4. The highest BCUT2D eigenvalue weighted by Crippen LogP contribution is 2.27. The van der Waals surface area contributed by atoms with Crippen LogP contribution in [0.1, 0.15) is 25.8 Å². The molecule has 1 aromatic carbocycles. The lowest BCUT2D eigenvalue weighted by molar-refractivity contribution is -0.138. The van der Waals surface area contributed by atoms with Gasteiger partial charge in [0.25, 0.3) is 0 Å². The lowest BCUT2D eigenvalue weighted by atomic mass is 10.0. The summed E-state index contributed by atoms with van der Waals surface area (Å²) in [6.45, 7) is 3.87. The second-order valence-electron chi connectivity index (χ2n) is 8.51. The summed E-state index contributed by atoms with van der Waals surface area (Å²) in [7, 11) is 1.48. The van der Waals surface area contributed by atoms with Gasteiger partial charge in [0.1, 0.15) is 29.5 Å². The van der Waals surface area contributed by atoms with Crippen molar-refractivity contribution in [3.63, 3.8) is 0 Å². The van der Waals surface area contributed by atoms with Crippen LogP contribution < -0.4 is 4.90 Å². The van der Waals surface area contributed by atoms with Crippen molar-refractivity contribution in [2.45, 2.75) is 32.9 Å². The van der Waals surface area contributed by atoms with Gasteiger partial charge in [0, 0.05) is 18.7 Å². The van der Waals surface area contributed by atoms with Gasteiger partial charge in [0.2, 0.25) is 0 Å². The van der Waals surface area contributed by atoms with E-state index in [4.69, 9.17) is 4.52 Å². The SMILES string of the molecule is CC(C)C[C@H](C(=O)O)N(C)c1nc(-c2cc(-c3ccon3)n(Cc3ccccc3F)n2)ncc1F. The highest BCUT2D eigenvalue weighted by molar-refractivity contribution is 5.77. The molecule has 1 atom stereocenters. The third-order valence-corrected chi connectivity index (χ3v) is 5.49. The summed E-state index contributed by atoms with van der Waals surface area (Å²) in [6.07, 6.45) is 2.68. The van der Waals surface area contributed by atoms with Crippen LogP contribution in [0.15, 0.2) is 53.4 Å². The first-order chi connectivity index (χ1) is 16.7. The molecule has 0 bridgehead atoms. The van der Waals surface area contributed by atoms with Gasteiger partial charge in [-0.15, -0.1) is 0 Å². The van der Waals surface area contributed by atoms with E-state index in [1.54, 1.807) is 30.3 Å². The van der Waals surface area contributed by atoms with Gasteiger partial charge in [-0.05, 0) is 24.5 Å². The molecule has 0 radical (unpaired) electrons. The van der Waals surface area contributed by atoms with E-state index >= 15 is 0 Å². The van der Waals surface area contributed by atoms with Crippen molar-refractivity contribution >= 4 is 11.8 Å². The number of hydrogen-bond acceptors (Lipinski definition) is 7. The van der Waals surface area contributed by atoms with Gasteiger partial charge < -0.3 is 14.5 Å². The predicted molar refractivity (Wildman–Crippen MR) is 123 cm³/mol. The Hall–Kier alpha value is -4.15. The number of likely N-dealkylation sites (N-methyl/N-ethyl adjacent to an activating group) is 1. The number of carbonyl (C=O) groups is 1. The summed E-state index contributed by atoms with van der Waals surface area (Å²) >= 11 is 0. The van der Waals surface area contributed by atoms with Gasteiger partial charge in [-0.1, -0.05) is 37.2 Å². The highest BCUT2D eigenvalue weighted by Gasteiger charge is 2.28. The van der Waals surface area contributed by atoms with Crippen LogP contribution in [-0.2, 0) is 11.3 Å². The number of anilines is 1. The maximum absolute atomic E-state index is 14.7. The minimum absolute atomic E-state index is 0.0713. The summed E-state index contributed by atoms with van der Waals surface area (Å²) in [5.41, 5.74) is 1.67. The van der Waals surface area contributed by atoms with Crippen LogP contribution in [-0.4, -0.2) is 49.1 Å².